The molecule has 0 aromatic rings. The van der Waals surface area contributed by atoms with E-state index in [9.17, 15) is 9.59 Å². The van der Waals surface area contributed by atoms with Gasteiger partial charge in [-0.3, -0.25) is 14.9 Å². The van der Waals surface area contributed by atoms with Crippen LogP contribution in [0.5, 0.6) is 0 Å². The molecule has 3 N–H and O–H groups in total. The molecule has 4 nitrogen and oxygen atoms in total. The van der Waals surface area contributed by atoms with Crippen LogP contribution in [0.2, 0.25) is 0 Å². The summed E-state index contributed by atoms with van der Waals surface area (Å²) in [6.07, 6.45) is 21.2. The second kappa shape index (κ2) is 20.4. The highest BCUT2D eigenvalue weighted by Gasteiger charge is 2.06. The number of nitrogens with two attached hydrogens (primary N) is 1. The Morgan fingerprint density at radius 2 is 0.923 bits per heavy atom. The number of rotatable bonds is 19. The van der Waals surface area contributed by atoms with Crippen LogP contribution in [0, 0.1) is 0 Å². The maximum Gasteiger partial charge on any atom is 0.226 e. The highest BCUT2D eigenvalue weighted by atomic mass is 16.2. The van der Waals surface area contributed by atoms with E-state index in [2.05, 4.69) is 12.2 Å². The Morgan fingerprint density at radius 3 is 1.31 bits per heavy atom. The Labute approximate surface area is 162 Å². The van der Waals surface area contributed by atoms with E-state index in [1.165, 1.54) is 83.5 Å². The second-order valence-electron chi connectivity index (χ2n) is 7.56. The van der Waals surface area contributed by atoms with E-state index in [-0.39, 0.29) is 11.8 Å². The molecule has 0 aliphatic heterocycles. The number of nitrogens with one attached hydrogen (secondary N) is 1. The summed E-state index contributed by atoms with van der Waals surface area (Å²) in [5.74, 6) is -0.330. The number of hydrogen-bond donors (Lipinski definition) is 2. The third-order valence-corrected chi connectivity index (χ3v) is 4.89. The summed E-state index contributed by atoms with van der Waals surface area (Å²) in [6, 6.07) is 0. The fourth-order valence-corrected chi connectivity index (χ4v) is 3.20. The molecule has 0 heterocycles. The van der Waals surface area contributed by atoms with E-state index in [4.69, 9.17) is 5.73 Å². The Balaban J connectivity index is 3.19. The zero-order valence-electron chi connectivity index (χ0n) is 17.3. The quantitative estimate of drug-likeness (QED) is 0.290. The lowest BCUT2D eigenvalue weighted by molar-refractivity contribution is -0.130. The molecule has 0 rings (SSSR count). The largest absolute Gasteiger partial charge is 0.330 e. The van der Waals surface area contributed by atoms with Crippen LogP contribution in [0.1, 0.15) is 122 Å². The lowest BCUT2D eigenvalue weighted by atomic mass is 10.0. The highest BCUT2D eigenvalue weighted by Crippen LogP contribution is 2.13. The SMILES string of the molecule is CCCCCCCCCCCCCCCCCC(=O)NC(=O)CCCN. The summed E-state index contributed by atoms with van der Waals surface area (Å²) in [6.45, 7) is 2.76. The van der Waals surface area contributed by atoms with Crippen LogP contribution < -0.4 is 11.1 Å². The van der Waals surface area contributed by atoms with Crippen molar-refractivity contribution < 1.29 is 9.59 Å². The molecule has 0 aliphatic rings. The first-order valence-electron chi connectivity index (χ1n) is 11.2. The topological polar surface area (TPSA) is 72.2 Å². The third kappa shape index (κ3) is 19.4. The van der Waals surface area contributed by atoms with E-state index in [0.717, 1.165) is 12.8 Å². The molecule has 0 aromatic heterocycles. The van der Waals surface area contributed by atoms with Crippen LogP contribution in [0.25, 0.3) is 0 Å². The molecule has 0 saturated carbocycles. The lowest BCUT2D eigenvalue weighted by Crippen LogP contribution is -2.30. The summed E-state index contributed by atoms with van der Waals surface area (Å²) < 4.78 is 0. The standard InChI is InChI=1S/C22H44N2O2/c1-2-3-4-5-6-7-8-9-10-11-12-13-14-15-16-18-21(25)24-22(26)19-17-20-23/h2-20,23H2,1H3,(H,24,25,26). The average Bonchev–Trinajstić information content (AvgIpc) is 2.63. The summed E-state index contributed by atoms with van der Waals surface area (Å²) in [4.78, 5) is 23.0. The minimum atomic E-state index is -0.193. The van der Waals surface area contributed by atoms with Gasteiger partial charge in [0.2, 0.25) is 11.8 Å². The first-order chi connectivity index (χ1) is 12.7. The normalized spacial score (nSPS) is 10.8. The van der Waals surface area contributed by atoms with Gasteiger partial charge in [0.1, 0.15) is 0 Å². The van der Waals surface area contributed by atoms with Gasteiger partial charge in [-0.05, 0) is 19.4 Å². The predicted octanol–water partition coefficient (Wildman–Crippen LogP) is 5.63. The molecule has 2 amide bonds. The molecule has 0 spiro atoms. The molecule has 0 radical (unpaired) electrons. The van der Waals surface area contributed by atoms with Gasteiger partial charge in [-0.1, -0.05) is 96.8 Å². The summed E-state index contributed by atoms with van der Waals surface area (Å²) >= 11 is 0. The molecule has 154 valence electrons. The van der Waals surface area contributed by atoms with Crippen LogP contribution >= 0.6 is 0 Å². The first-order valence-corrected chi connectivity index (χ1v) is 11.2. The third-order valence-electron chi connectivity index (χ3n) is 4.89. The maximum atomic E-state index is 11.6. The second-order valence-corrected chi connectivity index (χ2v) is 7.56. The molecule has 0 fully saturated rings. The van der Waals surface area contributed by atoms with Crippen molar-refractivity contribution in [3.63, 3.8) is 0 Å². The molecule has 26 heavy (non-hydrogen) atoms. The number of hydrogen-bond acceptors (Lipinski definition) is 3. The molecule has 0 aromatic carbocycles. The fraction of sp³-hybridized carbons (Fsp3) is 0.909. The minimum absolute atomic E-state index is 0.137. The van der Waals surface area contributed by atoms with E-state index in [1.54, 1.807) is 0 Å². The fourth-order valence-electron chi connectivity index (χ4n) is 3.20. The van der Waals surface area contributed by atoms with Crippen molar-refractivity contribution in [3.8, 4) is 0 Å². The molecular formula is C22H44N2O2. The number of carbonyl (C=O) groups is 2. The van der Waals surface area contributed by atoms with Crippen LogP contribution in [-0.2, 0) is 9.59 Å². The predicted molar refractivity (Wildman–Crippen MR) is 111 cm³/mol. The van der Waals surface area contributed by atoms with Crippen molar-refractivity contribution in [2.75, 3.05) is 6.54 Å². The molecule has 0 aliphatic carbocycles. The van der Waals surface area contributed by atoms with E-state index >= 15 is 0 Å². The molecule has 0 bridgehead atoms. The van der Waals surface area contributed by atoms with Crippen molar-refractivity contribution in [1.29, 1.82) is 0 Å². The number of carbonyl (C=O) groups excluding carboxylic acids is 2. The zero-order valence-corrected chi connectivity index (χ0v) is 17.3. The van der Waals surface area contributed by atoms with Gasteiger partial charge in [0.05, 0.1) is 0 Å². The molecule has 0 saturated heterocycles. The summed E-state index contributed by atoms with van der Waals surface area (Å²) in [7, 11) is 0. The van der Waals surface area contributed by atoms with Gasteiger partial charge in [0.25, 0.3) is 0 Å². The van der Waals surface area contributed by atoms with Crippen molar-refractivity contribution in [2.45, 2.75) is 122 Å². The van der Waals surface area contributed by atoms with Gasteiger partial charge in [-0.25, -0.2) is 0 Å². The average molecular weight is 369 g/mol. The minimum Gasteiger partial charge on any atom is -0.330 e. The van der Waals surface area contributed by atoms with E-state index < -0.39 is 0 Å². The molecule has 0 atom stereocenters. The van der Waals surface area contributed by atoms with Crippen LogP contribution in [-0.4, -0.2) is 18.4 Å². The van der Waals surface area contributed by atoms with Crippen molar-refractivity contribution in [3.05, 3.63) is 0 Å². The smallest absolute Gasteiger partial charge is 0.226 e. The Morgan fingerprint density at radius 1 is 0.577 bits per heavy atom. The Hall–Kier alpha value is -0.900. The van der Waals surface area contributed by atoms with Crippen molar-refractivity contribution in [2.24, 2.45) is 5.73 Å². The summed E-state index contributed by atoms with van der Waals surface area (Å²) in [5, 5.41) is 2.43. The van der Waals surface area contributed by atoms with Gasteiger partial charge >= 0.3 is 0 Å². The maximum absolute atomic E-state index is 11.6. The van der Waals surface area contributed by atoms with Gasteiger partial charge in [0, 0.05) is 12.8 Å². The zero-order chi connectivity index (χ0) is 19.3. The van der Waals surface area contributed by atoms with Crippen LogP contribution in [0.15, 0.2) is 0 Å². The summed E-state index contributed by atoms with van der Waals surface area (Å²) in [5.41, 5.74) is 5.34. The van der Waals surface area contributed by atoms with Crippen LogP contribution in [0.3, 0.4) is 0 Å². The van der Waals surface area contributed by atoms with Crippen molar-refractivity contribution >= 4 is 11.8 Å². The van der Waals surface area contributed by atoms with E-state index in [0.29, 0.717) is 25.8 Å². The molecule has 4 heteroatoms. The number of amides is 2. The molecular weight excluding hydrogens is 324 g/mol. The van der Waals surface area contributed by atoms with Gasteiger partial charge in [0.15, 0.2) is 0 Å². The van der Waals surface area contributed by atoms with E-state index in [1.807, 2.05) is 0 Å². The van der Waals surface area contributed by atoms with Gasteiger partial charge in [-0.2, -0.15) is 0 Å². The Kier molecular flexibility index (Phi) is 19.7. The van der Waals surface area contributed by atoms with Gasteiger partial charge in [-0.15, -0.1) is 0 Å². The van der Waals surface area contributed by atoms with Crippen molar-refractivity contribution in [1.82, 2.24) is 5.32 Å². The Bertz CT molecular complexity index is 332. The lowest BCUT2D eigenvalue weighted by Gasteiger charge is -2.04. The highest BCUT2D eigenvalue weighted by molar-refractivity contribution is 5.95. The number of unbranched alkanes of at least 4 members (excludes halogenated alkanes) is 14. The first kappa shape index (κ1) is 25.1. The number of imide groups is 1. The molecule has 0 unspecified atom stereocenters. The monoisotopic (exact) mass is 368 g/mol. The van der Waals surface area contributed by atoms with Crippen LogP contribution in [0.4, 0.5) is 0 Å². The van der Waals surface area contributed by atoms with Gasteiger partial charge < -0.3 is 5.73 Å².